The Kier molecular flexibility index (Phi) is 2.19. The van der Waals surface area contributed by atoms with E-state index in [0.29, 0.717) is 11.3 Å². The van der Waals surface area contributed by atoms with Gasteiger partial charge < -0.3 is 13.9 Å². The number of nitrogens with zero attached hydrogens (tertiary/aromatic N) is 1. The van der Waals surface area contributed by atoms with Gasteiger partial charge in [-0.25, -0.2) is 9.78 Å². The topological polar surface area (TPSA) is 76.5 Å². The van der Waals surface area contributed by atoms with Crippen LogP contribution in [0.3, 0.4) is 0 Å². The second-order valence-corrected chi connectivity index (χ2v) is 3.99. The zero-order valence-electron chi connectivity index (χ0n) is 9.51. The van der Waals surface area contributed by atoms with Crippen LogP contribution >= 0.6 is 0 Å². The average molecular weight is 243 g/mol. The number of carboxylic acid groups (broad SMARTS) is 1. The molecule has 0 aliphatic carbocycles. The highest BCUT2D eigenvalue weighted by atomic mass is 16.4. The van der Waals surface area contributed by atoms with Gasteiger partial charge in [0.05, 0.1) is 0 Å². The van der Waals surface area contributed by atoms with Gasteiger partial charge in [0.25, 0.3) is 0 Å². The van der Waals surface area contributed by atoms with E-state index < -0.39 is 5.97 Å². The molecule has 5 heteroatoms. The van der Waals surface area contributed by atoms with Gasteiger partial charge in [-0.15, -0.1) is 0 Å². The van der Waals surface area contributed by atoms with Gasteiger partial charge in [0.1, 0.15) is 5.58 Å². The van der Waals surface area contributed by atoms with Crippen LogP contribution in [0.15, 0.2) is 39.5 Å². The van der Waals surface area contributed by atoms with Crippen molar-refractivity contribution < 1.29 is 18.7 Å². The fourth-order valence-electron chi connectivity index (χ4n) is 1.85. The van der Waals surface area contributed by atoms with E-state index in [-0.39, 0.29) is 11.5 Å². The Balaban J connectivity index is 2.19. The number of aromatic nitrogens is 1. The average Bonchev–Trinajstić information content (AvgIpc) is 2.93. The lowest BCUT2D eigenvalue weighted by Gasteiger charge is -1.91. The van der Waals surface area contributed by atoms with Gasteiger partial charge in [-0.1, -0.05) is 11.6 Å². The summed E-state index contributed by atoms with van der Waals surface area (Å²) in [5.74, 6) is -0.641. The van der Waals surface area contributed by atoms with Crippen LogP contribution in [0.1, 0.15) is 16.1 Å². The molecule has 0 bridgehead atoms. The lowest BCUT2D eigenvalue weighted by Crippen LogP contribution is -1.97. The van der Waals surface area contributed by atoms with Crippen LogP contribution in [-0.2, 0) is 0 Å². The predicted molar refractivity (Wildman–Crippen MR) is 63.4 cm³/mol. The molecule has 2 aromatic heterocycles. The van der Waals surface area contributed by atoms with E-state index in [4.69, 9.17) is 13.9 Å². The summed E-state index contributed by atoms with van der Waals surface area (Å²) in [5, 5.41) is 9.87. The minimum absolute atomic E-state index is 0.136. The molecule has 0 amide bonds. The zero-order valence-corrected chi connectivity index (χ0v) is 9.51. The van der Waals surface area contributed by atoms with Crippen LogP contribution in [0.5, 0.6) is 0 Å². The first-order chi connectivity index (χ1) is 8.65. The van der Waals surface area contributed by atoms with E-state index in [9.17, 15) is 4.79 Å². The molecule has 0 radical (unpaired) electrons. The molecule has 0 spiro atoms. The highest BCUT2D eigenvalue weighted by Gasteiger charge is 2.20. The molecule has 0 aliphatic rings. The Hall–Kier alpha value is -2.56. The summed E-state index contributed by atoms with van der Waals surface area (Å²) in [5.41, 5.74) is 1.64. The summed E-state index contributed by atoms with van der Waals surface area (Å²) in [7, 11) is 0. The van der Waals surface area contributed by atoms with Crippen molar-refractivity contribution in [1.29, 1.82) is 0 Å². The maximum atomic E-state index is 11.0. The summed E-state index contributed by atoms with van der Waals surface area (Å²) in [6.45, 7) is 1.98. The van der Waals surface area contributed by atoms with Crippen molar-refractivity contribution in [2.75, 3.05) is 0 Å². The molecular weight excluding hydrogens is 234 g/mol. The fraction of sp³-hybridized carbons (Fsp3) is 0.0769. The van der Waals surface area contributed by atoms with Crippen molar-refractivity contribution in [2.24, 2.45) is 0 Å². The van der Waals surface area contributed by atoms with Crippen molar-refractivity contribution in [3.05, 3.63) is 41.9 Å². The van der Waals surface area contributed by atoms with Crippen molar-refractivity contribution in [2.45, 2.75) is 6.92 Å². The molecule has 1 N–H and O–H groups in total. The molecule has 0 saturated heterocycles. The van der Waals surface area contributed by atoms with Gasteiger partial charge >= 0.3 is 5.97 Å². The predicted octanol–water partition coefficient (Wildman–Crippen LogP) is 3.09. The first kappa shape index (κ1) is 10.6. The second kappa shape index (κ2) is 3.73. The van der Waals surface area contributed by atoms with Gasteiger partial charge in [0, 0.05) is 5.39 Å². The quantitative estimate of drug-likeness (QED) is 0.748. The zero-order chi connectivity index (χ0) is 12.7. The van der Waals surface area contributed by atoms with Crippen LogP contribution in [0.2, 0.25) is 0 Å². The van der Waals surface area contributed by atoms with E-state index in [1.54, 1.807) is 6.07 Å². The number of hydrogen-bond acceptors (Lipinski definition) is 4. The van der Waals surface area contributed by atoms with Crippen molar-refractivity contribution in [1.82, 2.24) is 4.98 Å². The second-order valence-electron chi connectivity index (χ2n) is 3.99. The minimum Gasteiger partial charge on any atom is -0.476 e. The number of furan rings is 1. The molecule has 0 atom stereocenters. The van der Waals surface area contributed by atoms with Crippen LogP contribution in [0, 0.1) is 6.92 Å². The summed E-state index contributed by atoms with van der Waals surface area (Å²) in [6.07, 6.45) is 1.09. The molecule has 5 nitrogen and oxygen atoms in total. The van der Waals surface area contributed by atoms with Crippen molar-refractivity contribution >= 4 is 16.9 Å². The number of rotatable bonds is 2. The van der Waals surface area contributed by atoms with E-state index in [1.165, 1.54) is 0 Å². The van der Waals surface area contributed by atoms with E-state index in [1.807, 2.05) is 25.1 Å². The number of fused-ring (bicyclic) bond motifs is 1. The number of oxazole rings is 1. The van der Waals surface area contributed by atoms with Crippen LogP contribution in [-0.4, -0.2) is 16.1 Å². The number of carbonyl (C=O) groups is 1. The van der Waals surface area contributed by atoms with Gasteiger partial charge in [-0.3, -0.25) is 0 Å². The lowest BCUT2D eigenvalue weighted by molar-refractivity contribution is 0.0691. The van der Waals surface area contributed by atoms with Crippen molar-refractivity contribution in [3.8, 4) is 11.5 Å². The third-order valence-corrected chi connectivity index (χ3v) is 2.67. The normalized spacial score (nSPS) is 10.9. The molecule has 3 aromatic rings. The maximum absolute atomic E-state index is 11.0. The Morgan fingerprint density at radius 1 is 1.33 bits per heavy atom. The largest absolute Gasteiger partial charge is 0.476 e. The summed E-state index contributed by atoms with van der Waals surface area (Å²) in [6, 6.07) is 7.47. The molecule has 0 saturated carbocycles. The van der Waals surface area contributed by atoms with E-state index >= 15 is 0 Å². The number of aryl methyl sites for hydroxylation is 1. The Morgan fingerprint density at radius 2 is 2.17 bits per heavy atom. The standard InChI is InChI=1S/C13H9NO4/c1-7-2-3-9-8(4-7)5-10(18-9)12-11(13(15)16)14-6-17-12/h2-6H,1H3,(H,15,16). The molecular formula is C13H9NO4. The Bertz CT molecular complexity index is 738. The number of benzene rings is 1. The van der Waals surface area contributed by atoms with Crippen LogP contribution in [0.25, 0.3) is 22.5 Å². The number of aromatic carboxylic acids is 1. The number of hydrogen-bond donors (Lipinski definition) is 1. The SMILES string of the molecule is Cc1ccc2oc(-c3ocnc3C(=O)O)cc2c1. The van der Waals surface area contributed by atoms with Gasteiger partial charge in [0.2, 0.25) is 5.76 Å². The van der Waals surface area contributed by atoms with Crippen LogP contribution < -0.4 is 0 Å². The Labute approximate surface area is 102 Å². The summed E-state index contributed by atoms with van der Waals surface area (Å²) < 4.78 is 10.6. The maximum Gasteiger partial charge on any atom is 0.358 e. The molecule has 0 unspecified atom stereocenters. The minimum atomic E-state index is -1.14. The van der Waals surface area contributed by atoms with Gasteiger partial charge in [-0.05, 0) is 25.1 Å². The van der Waals surface area contributed by atoms with E-state index in [0.717, 1.165) is 17.3 Å². The lowest BCUT2D eigenvalue weighted by atomic mass is 10.2. The van der Waals surface area contributed by atoms with Crippen LogP contribution in [0.4, 0.5) is 0 Å². The monoisotopic (exact) mass is 243 g/mol. The third-order valence-electron chi connectivity index (χ3n) is 2.67. The number of carboxylic acids is 1. The smallest absolute Gasteiger partial charge is 0.358 e. The first-order valence-corrected chi connectivity index (χ1v) is 5.32. The fourth-order valence-corrected chi connectivity index (χ4v) is 1.85. The third kappa shape index (κ3) is 1.57. The summed E-state index contributed by atoms with van der Waals surface area (Å²) >= 11 is 0. The molecule has 18 heavy (non-hydrogen) atoms. The molecule has 90 valence electrons. The molecule has 1 aromatic carbocycles. The molecule has 3 rings (SSSR count). The Morgan fingerprint density at radius 3 is 2.94 bits per heavy atom. The van der Waals surface area contributed by atoms with Gasteiger partial charge in [0.15, 0.2) is 17.8 Å². The highest BCUT2D eigenvalue weighted by molar-refractivity contribution is 5.93. The first-order valence-electron chi connectivity index (χ1n) is 5.32. The molecule has 0 fully saturated rings. The van der Waals surface area contributed by atoms with Crippen molar-refractivity contribution in [3.63, 3.8) is 0 Å². The highest BCUT2D eigenvalue weighted by Crippen LogP contribution is 2.30. The molecule has 2 heterocycles. The molecule has 0 aliphatic heterocycles. The summed E-state index contributed by atoms with van der Waals surface area (Å²) in [4.78, 5) is 14.6. The van der Waals surface area contributed by atoms with Gasteiger partial charge in [-0.2, -0.15) is 0 Å². The van der Waals surface area contributed by atoms with E-state index in [2.05, 4.69) is 4.98 Å².